The molecular weight excluding hydrogens is 256 g/mol. The van der Waals surface area contributed by atoms with Crippen molar-refractivity contribution < 1.29 is 0 Å². The fraction of sp³-hybridized carbons (Fsp3) is 0.368. The van der Waals surface area contributed by atoms with Crippen molar-refractivity contribution in [3.8, 4) is 0 Å². The summed E-state index contributed by atoms with van der Waals surface area (Å²) in [6.45, 7) is 2.21. The van der Waals surface area contributed by atoms with Gasteiger partial charge >= 0.3 is 0 Å². The van der Waals surface area contributed by atoms with Crippen molar-refractivity contribution in [2.45, 2.75) is 45.1 Å². The van der Waals surface area contributed by atoms with Gasteiger partial charge in [-0.05, 0) is 53.5 Å². The van der Waals surface area contributed by atoms with Gasteiger partial charge in [0.1, 0.15) is 0 Å². The molecule has 2 heteroatoms. The molecule has 1 aliphatic rings. The maximum atomic E-state index is 5.83. The van der Waals surface area contributed by atoms with E-state index in [1.807, 2.05) is 0 Å². The van der Waals surface area contributed by atoms with E-state index in [-0.39, 0.29) is 6.04 Å². The molecule has 0 bridgehead atoms. The first kappa shape index (κ1) is 14.3. The molecule has 21 heavy (non-hydrogen) atoms. The minimum Gasteiger partial charge on any atom is -0.271 e. The number of nitrogens with one attached hydrogen (secondary N) is 1. The van der Waals surface area contributed by atoms with Crippen LogP contribution >= 0.6 is 0 Å². The first-order chi connectivity index (χ1) is 10.3. The van der Waals surface area contributed by atoms with Crippen molar-refractivity contribution in [3.63, 3.8) is 0 Å². The van der Waals surface area contributed by atoms with Crippen molar-refractivity contribution >= 4 is 0 Å². The molecule has 0 fully saturated rings. The minimum atomic E-state index is 0.0755. The highest BCUT2D eigenvalue weighted by Gasteiger charge is 2.16. The summed E-state index contributed by atoms with van der Waals surface area (Å²) in [5.41, 5.74) is 9.87. The number of rotatable bonds is 5. The van der Waals surface area contributed by atoms with E-state index in [1.54, 1.807) is 0 Å². The number of hydrogen-bond acceptors (Lipinski definition) is 2. The predicted molar refractivity (Wildman–Crippen MR) is 88.1 cm³/mol. The van der Waals surface area contributed by atoms with Crippen molar-refractivity contribution in [1.29, 1.82) is 0 Å². The third-order valence-electron chi connectivity index (χ3n) is 4.47. The number of hydrazine groups is 1. The average molecular weight is 280 g/mol. The molecule has 2 aromatic rings. The monoisotopic (exact) mass is 280 g/mol. The summed E-state index contributed by atoms with van der Waals surface area (Å²) in [7, 11) is 0. The molecule has 0 aromatic heterocycles. The van der Waals surface area contributed by atoms with E-state index >= 15 is 0 Å². The molecule has 3 rings (SSSR count). The van der Waals surface area contributed by atoms with Crippen LogP contribution in [-0.2, 0) is 19.3 Å². The van der Waals surface area contributed by atoms with Crippen molar-refractivity contribution in [1.82, 2.24) is 5.43 Å². The Bertz CT molecular complexity index is 601. The summed E-state index contributed by atoms with van der Waals surface area (Å²) in [4.78, 5) is 0. The minimum absolute atomic E-state index is 0.0755. The third-order valence-corrected chi connectivity index (χ3v) is 4.47. The topological polar surface area (TPSA) is 38.0 Å². The molecule has 0 aliphatic heterocycles. The zero-order chi connectivity index (χ0) is 14.7. The summed E-state index contributed by atoms with van der Waals surface area (Å²) in [5.74, 6) is 5.83. The molecule has 1 unspecified atom stereocenters. The highest BCUT2D eigenvalue weighted by atomic mass is 15.2. The molecule has 0 saturated carbocycles. The van der Waals surface area contributed by atoms with Crippen LogP contribution in [0.25, 0.3) is 0 Å². The Morgan fingerprint density at radius 2 is 1.71 bits per heavy atom. The molecule has 110 valence electrons. The highest BCUT2D eigenvalue weighted by molar-refractivity contribution is 5.40. The van der Waals surface area contributed by atoms with Crippen LogP contribution in [0, 0.1) is 0 Å². The molecule has 0 amide bonds. The van der Waals surface area contributed by atoms with Gasteiger partial charge in [0.05, 0.1) is 6.04 Å². The Morgan fingerprint density at radius 1 is 1.00 bits per heavy atom. The number of hydrogen-bond donors (Lipinski definition) is 2. The van der Waals surface area contributed by atoms with Gasteiger partial charge < -0.3 is 0 Å². The summed E-state index contributed by atoms with van der Waals surface area (Å²) < 4.78 is 0. The zero-order valence-corrected chi connectivity index (χ0v) is 12.7. The SMILES string of the molecule is CCCc1ccc(C(NN)c2ccc3c(c2)CCC3)cc1. The van der Waals surface area contributed by atoms with Crippen LogP contribution in [0.3, 0.4) is 0 Å². The Hall–Kier alpha value is -1.64. The van der Waals surface area contributed by atoms with Crippen LogP contribution in [0.15, 0.2) is 42.5 Å². The Kier molecular flexibility index (Phi) is 4.37. The first-order valence-corrected chi connectivity index (χ1v) is 7.98. The Labute approximate surface area is 127 Å². The zero-order valence-electron chi connectivity index (χ0n) is 12.7. The second-order valence-electron chi connectivity index (χ2n) is 5.97. The van der Waals surface area contributed by atoms with Gasteiger partial charge in [0.15, 0.2) is 0 Å². The van der Waals surface area contributed by atoms with Gasteiger partial charge in [-0.3, -0.25) is 5.84 Å². The lowest BCUT2D eigenvalue weighted by atomic mass is 9.95. The third kappa shape index (κ3) is 3.02. The van der Waals surface area contributed by atoms with Crippen LogP contribution in [0.5, 0.6) is 0 Å². The molecule has 1 aliphatic carbocycles. The van der Waals surface area contributed by atoms with Crippen molar-refractivity contribution in [2.75, 3.05) is 0 Å². The van der Waals surface area contributed by atoms with Gasteiger partial charge in [0, 0.05) is 0 Å². The van der Waals surface area contributed by atoms with Crippen LogP contribution in [0.4, 0.5) is 0 Å². The van der Waals surface area contributed by atoms with E-state index in [2.05, 4.69) is 54.8 Å². The average Bonchev–Trinajstić information content (AvgIpc) is 2.98. The van der Waals surface area contributed by atoms with Crippen LogP contribution < -0.4 is 11.3 Å². The van der Waals surface area contributed by atoms with Crippen molar-refractivity contribution in [2.24, 2.45) is 5.84 Å². The van der Waals surface area contributed by atoms with Gasteiger partial charge in [-0.25, -0.2) is 5.43 Å². The van der Waals surface area contributed by atoms with Crippen LogP contribution in [0.1, 0.15) is 53.6 Å². The number of fused-ring (bicyclic) bond motifs is 1. The van der Waals surface area contributed by atoms with Crippen molar-refractivity contribution in [3.05, 3.63) is 70.3 Å². The van der Waals surface area contributed by atoms with Gasteiger partial charge in [0.2, 0.25) is 0 Å². The van der Waals surface area contributed by atoms with E-state index in [0.717, 1.165) is 6.42 Å². The molecule has 0 heterocycles. The highest BCUT2D eigenvalue weighted by Crippen LogP contribution is 2.28. The number of nitrogens with two attached hydrogens (primary N) is 1. The van der Waals surface area contributed by atoms with E-state index < -0.39 is 0 Å². The lowest BCUT2D eigenvalue weighted by Crippen LogP contribution is -2.28. The standard InChI is InChI=1S/C19H24N2/c1-2-4-14-7-9-16(10-8-14)19(21-20)18-12-11-15-5-3-6-17(15)13-18/h7-13,19,21H,2-6,20H2,1H3. The first-order valence-electron chi connectivity index (χ1n) is 7.98. The Balaban J connectivity index is 1.87. The van der Waals surface area contributed by atoms with Crippen LogP contribution in [0.2, 0.25) is 0 Å². The molecular formula is C19H24N2. The fourth-order valence-electron chi connectivity index (χ4n) is 3.32. The van der Waals surface area contributed by atoms with Gasteiger partial charge in [0.25, 0.3) is 0 Å². The smallest absolute Gasteiger partial charge is 0.0710 e. The maximum Gasteiger partial charge on any atom is 0.0710 e. The summed E-state index contributed by atoms with van der Waals surface area (Å²) in [5, 5.41) is 0. The maximum absolute atomic E-state index is 5.83. The van der Waals surface area contributed by atoms with E-state index in [4.69, 9.17) is 5.84 Å². The quantitative estimate of drug-likeness (QED) is 0.647. The van der Waals surface area contributed by atoms with E-state index in [9.17, 15) is 0 Å². The molecule has 0 saturated heterocycles. The molecule has 1 atom stereocenters. The second-order valence-corrected chi connectivity index (χ2v) is 5.97. The number of aryl methyl sites for hydroxylation is 3. The molecule has 0 radical (unpaired) electrons. The molecule has 3 N–H and O–H groups in total. The van der Waals surface area contributed by atoms with Gasteiger partial charge in [-0.1, -0.05) is 55.8 Å². The van der Waals surface area contributed by atoms with Crippen LogP contribution in [-0.4, -0.2) is 0 Å². The largest absolute Gasteiger partial charge is 0.271 e. The number of benzene rings is 2. The Morgan fingerprint density at radius 3 is 2.43 bits per heavy atom. The van der Waals surface area contributed by atoms with E-state index in [1.165, 1.54) is 53.5 Å². The lowest BCUT2D eigenvalue weighted by Gasteiger charge is -2.18. The molecule has 0 spiro atoms. The lowest BCUT2D eigenvalue weighted by molar-refractivity contribution is 0.636. The second kappa shape index (κ2) is 6.42. The van der Waals surface area contributed by atoms with Gasteiger partial charge in [-0.15, -0.1) is 0 Å². The summed E-state index contributed by atoms with van der Waals surface area (Å²) in [6, 6.07) is 15.7. The fourth-order valence-corrected chi connectivity index (χ4v) is 3.32. The normalized spacial score (nSPS) is 15.0. The molecule has 2 aromatic carbocycles. The molecule has 2 nitrogen and oxygen atoms in total. The predicted octanol–water partition coefficient (Wildman–Crippen LogP) is 3.68. The van der Waals surface area contributed by atoms with Gasteiger partial charge in [-0.2, -0.15) is 0 Å². The van der Waals surface area contributed by atoms with E-state index in [0.29, 0.717) is 0 Å². The summed E-state index contributed by atoms with van der Waals surface area (Å²) >= 11 is 0. The summed E-state index contributed by atoms with van der Waals surface area (Å²) in [6.07, 6.45) is 6.03.